The Bertz CT molecular complexity index is 1590. The molecule has 0 aliphatic rings. The van der Waals surface area contributed by atoms with Crippen LogP contribution in [0.15, 0.2) is 114 Å². The molecular formula is C28H20BNO3. The van der Waals surface area contributed by atoms with Crippen LogP contribution in [0.5, 0.6) is 0 Å². The topological polar surface area (TPSA) is 56.8 Å². The Balaban J connectivity index is 1.61. The molecule has 4 nitrogen and oxygen atoms in total. The third kappa shape index (κ3) is 3.26. The van der Waals surface area contributed by atoms with Crippen molar-refractivity contribution in [2.75, 3.05) is 4.90 Å². The average Bonchev–Trinajstić information content (AvgIpc) is 3.25. The number of para-hydroxylation sites is 2. The van der Waals surface area contributed by atoms with Gasteiger partial charge in [-0.05, 0) is 47.9 Å². The predicted octanol–water partition coefficient (Wildman–Crippen LogP) is 5.89. The minimum Gasteiger partial charge on any atom is -0.455 e. The first-order valence-electron chi connectivity index (χ1n) is 10.8. The maximum atomic E-state index is 9.52. The van der Waals surface area contributed by atoms with Gasteiger partial charge >= 0.3 is 7.12 Å². The number of nitrogens with zero attached hydrogens (tertiary/aromatic N) is 1. The molecule has 0 aliphatic heterocycles. The number of rotatable bonds is 4. The zero-order chi connectivity index (χ0) is 22.4. The highest BCUT2D eigenvalue weighted by Gasteiger charge is 2.18. The van der Waals surface area contributed by atoms with E-state index in [2.05, 4.69) is 47.4 Å². The first kappa shape index (κ1) is 19.6. The second-order valence-corrected chi connectivity index (χ2v) is 8.05. The summed E-state index contributed by atoms with van der Waals surface area (Å²) in [5, 5.41) is 23.4. The van der Waals surface area contributed by atoms with Gasteiger partial charge in [0.25, 0.3) is 0 Å². The van der Waals surface area contributed by atoms with Crippen LogP contribution in [-0.4, -0.2) is 17.2 Å². The molecule has 0 aliphatic carbocycles. The Morgan fingerprint density at radius 3 is 1.97 bits per heavy atom. The summed E-state index contributed by atoms with van der Waals surface area (Å²) in [6, 6.07) is 36.0. The number of furan rings is 1. The van der Waals surface area contributed by atoms with Gasteiger partial charge in [0.1, 0.15) is 11.2 Å². The van der Waals surface area contributed by atoms with Crippen molar-refractivity contribution in [3.63, 3.8) is 0 Å². The zero-order valence-corrected chi connectivity index (χ0v) is 17.7. The van der Waals surface area contributed by atoms with Gasteiger partial charge in [0.15, 0.2) is 0 Å². The summed E-state index contributed by atoms with van der Waals surface area (Å²) < 4.78 is 6.28. The first-order valence-corrected chi connectivity index (χ1v) is 10.8. The lowest BCUT2D eigenvalue weighted by atomic mass is 9.80. The van der Waals surface area contributed by atoms with E-state index in [-0.39, 0.29) is 0 Å². The highest BCUT2D eigenvalue weighted by molar-refractivity contribution is 6.58. The molecule has 0 saturated carbocycles. The number of benzene rings is 5. The van der Waals surface area contributed by atoms with E-state index in [1.165, 1.54) is 0 Å². The van der Waals surface area contributed by atoms with Crippen LogP contribution < -0.4 is 10.4 Å². The fourth-order valence-corrected chi connectivity index (χ4v) is 4.52. The van der Waals surface area contributed by atoms with Crippen molar-refractivity contribution >= 4 is 62.4 Å². The predicted molar refractivity (Wildman–Crippen MR) is 136 cm³/mol. The molecule has 0 unspecified atom stereocenters. The highest BCUT2D eigenvalue weighted by atomic mass is 16.4. The summed E-state index contributed by atoms with van der Waals surface area (Å²) in [5.74, 6) is 0. The van der Waals surface area contributed by atoms with E-state index in [4.69, 9.17) is 4.42 Å². The van der Waals surface area contributed by atoms with Crippen LogP contribution in [0, 0.1) is 0 Å². The molecule has 1 heterocycles. The molecule has 6 aromatic rings. The summed E-state index contributed by atoms with van der Waals surface area (Å²) in [7, 11) is -1.50. The summed E-state index contributed by atoms with van der Waals surface area (Å²) in [6.45, 7) is 0. The molecule has 0 fully saturated rings. The molecule has 0 saturated heterocycles. The lowest BCUT2D eigenvalue weighted by Gasteiger charge is -2.27. The Morgan fingerprint density at radius 1 is 0.545 bits per heavy atom. The largest absolute Gasteiger partial charge is 0.488 e. The van der Waals surface area contributed by atoms with Gasteiger partial charge < -0.3 is 19.4 Å². The minimum atomic E-state index is -1.50. The van der Waals surface area contributed by atoms with Crippen LogP contribution in [0.25, 0.3) is 32.7 Å². The molecule has 2 N–H and O–H groups in total. The molecule has 0 bridgehead atoms. The number of hydrogen-bond acceptors (Lipinski definition) is 4. The normalized spacial score (nSPS) is 11.3. The molecule has 0 spiro atoms. The fraction of sp³-hybridized carbons (Fsp3) is 0. The van der Waals surface area contributed by atoms with Gasteiger partial charge in [-0.3, -0.25) is 0 Å². The molecule has 33 heavy (non-hydrogen) atoms. The van der Waals surface area contributed by atoms with E-state index in [1.54, 1.807) is 12.1 Å². The Labute approximate surface area is 191 Å². The third-order valence-corrected chi connectivity index (χ3v) is 6.08. The number of fused-ring (bicyclic) bond motifs is 5. The lowest BCUT2D eigenvalue weighted by molar-refractivity contribution is 0.426. The van der Waals surface area contributed by atoms with Gasteiger partial charge in [-0.15, -0.1) is 0 Å². The van der Waals surface area contributed by atoms with Gasteiger partial charge in [-0.2, -0.15) is 0 Å². The van der Waals surface area contributed by atoms with Crippen molar-refractivity contribution in [2.45, 2.75) is 0 Å². The van der Waals surface area contributed by atoms with E-state index in [1.807, 2.05) is 54.6 Å². The van der Waals surface area contributed by atoms with E-state index in [0.29, 0.717) is 5.46 Å². The second kappa shape index (κ2) is 7.82. The summed E-state index contributed by atoms with van der Waals surface area (Å²) in [6.07, 6.45) is 0. The number of anilines is 3. The summed E-state index contributed by atoms with van der Waals surface area (Å²) in [4.78, 5) is 2.17. The Morgan fingerprint density at radius 2 is 1.18 bits per heavy atom. The van der Waals surface area contributed by atoms with Crippen LogP contribution in [0.1, 0.15) is 0 Å². The molecule has 5 aromatic carbocycles. The van der Waals surface area contributed by atoms with Crippen LogP contribution >= 0.6 is 0 Å². The van der Waals surface area contributed by atoms with Gasteiger partial charge in [-0.1, -0.05) is 66.7 Å². The van der Waals surface area contributed by atoms with E-state index < -0.39 is 7.12 Å². The van der Waals surface area contributed by atoms with Crippen molar-refractivity contribution in [2.24, 2.45) is 0 Å². The molecule has 158 valence electrons. The summed E-state index contributed by atoms with van der Waals surface area (Å²) in [5.41, 5.74) is 5.15. The van der Waals surface area contributed by atoms with Crippen molar-refractivity contribution in [3.05, 3.63) is 109 Å². The molecule has 0 atom stereocenters. The maximum absolute atomic E-state index is 9.52. The van der Waals surface area contributed by atoms with Gasteiger partial charge in [0.2, 0.25) is 0 Å². The quantitative estimate of drug-likeness (QED) is 0.343. The smallest absolute Gasteiger partial charge is 0.455 e. The minimum absolute atomic E-state index is 0.452. The first-order chi connectivity index (χ1) is 16.2. The SMILES string of the molecule is OB(O)c1ccc(N(c2ccccc2)c2cccc3c2ccc2c4ccccc4oc32)cc1. The van der Waals surface area contributed by atoms with Crippen molar-refractivity contribution in [3.8, 4) is 0 Å². The molecule has 0 amide bonds. The zero-order valence-electron chi connectivity index (χ0n) is 17.7. The van der Waals surface area contributed by atoms with Crippen molar-refractivity contribution in [1.29, 1.82) is 0 Å². The maximum Gasteiger partial charge on any atom is 0.488 e. The van der Waals surface area contributed by atoms with E-state index in [9.17, 15) is 10.0 Å². The Kier molecular flexibility index (Phi) is 4.65. The van der Waals surface area contributed by atoms with Crippen molar-refractivity contribution in [1.82, 2.24) is 0 Å². The van der Waals surface area contributed by atoms with Crippen molar-refractivity contribution < 1.29 is 14.5 Å². The molecule has 6 rings (SSSR count). The standard InChI is InChI=1S/C28H20BNO3/c31-29(32)19-13-15-21(16-14-19)30(20-7-2-1-3-8-20)26-11-6-10-24-22(26)17-18-25-23-9-4-5-12-27(23)33-28(24)25/h1-18,31-32H. The van der Waals surface area contributed by atoms with E-state index >= 15 is 0 Å². The monoisotopic (exact) mass is 429 g/mol. The molecular weight excluding hydrogens is 409 g/mol. The molecule has 5 heteroatoms. The molecule has 1 aromatic heterocycles. The van der Waals surface area contributed by atoms with Crippen LogP contribution in [0.4, 0.5) is 17.1 Å². The van der Waals surface area contributed by atoms with Crippen LogP contribution in [0.3, 0.4) is 0 Å². The highest BCUT2D eigenvalue weighted by Crippen LogP contribution is 2.41. The number of hydrogen-bond donors (Lipinski definition) is 2. The lowest BCUT2D eigenvalue weighted by Crippen LogP contribution is -2.29. The average molecular weight is 429 g/mol. The third-order valence-electron chi connectivity index (χ3n) is 6.08. The summed E-state index contributed by atoms with van der Waals surface area (Å²) >= 11 is 0. The van der Waals surface area contributed by atoms with Crippen LogP contribution in [-0.2, 0) is 0 Å². The van der Waals surface area contributed by atoms with Gasteiger partial charge in [0, 0.05) is 32.9 Å². The van der Waals surface area contributed by atoms with Gasteiger partial charge in [-0.25, -0.2) is 0 Å². The fourth-order valence-electron chi connectivity index (χ4n) is 4.52. The second-order valence-electron chi connectivity index (χ2n) is 8.05. The van der Waals surface area contributed by atoms with Gasteiger partial charge in [0.05, 0.1) is 5.69 Å². The van der Waals surface area contributed by atoms with Crippen LogP contribution in [0.2, 0.25) is 0 Å². The van der Waals surface area contributed by atoms with E-state index in [0.717, 1.165) is 49.8 Å². The Hall–Kier alpha value is -4.06. The molecule has 0 radical (unpaired) electrons.